The van der Waals surface area contributed by atoms with Crippen molar-refractivity contribution in [2.75, 3.05) is 152 Å². The van der Waals surface area contributed by atoms with Crippen LogP contribution < -0.4 is 0 Å². The van der Waals surface area contributed by atoms with Crippen LogP contribution in [0.2, 0.25) is 88.1 Å². The van der Waals surface area contributed by atoms with E-state index in [1.807, 2.05) is 14.2 Å². The predicted octanol–water partition coefficient (Wildman–Crippen LogP) is 13.0. The van der Waals surface area contributed by atoms with E-state index in [0.717, 1.165) is 225 Å². The zero-order valence-corrected chi connectivity index (χ0v) is 64.6. The molecule has 6 atom stereocenters. The van der Waals surface area contributed by atoms with Gasteiger partial charge in [0.05, 0.1) is 0 Å². The molecule has 6 unspecified atom stereocenters. The molecule has 0 aromatic rings. The van der Waals surface area contributed by atoms with E-state index in [1.54, 1.807) is 0 Å². The summed E-state index contributed by atoms with van der Waals surface area (Å²) in [6, 6.07) is 6.24. The van der Waals surface area contributed by atoms with E-state index in [9.17, 15) is 0 Å². The van der Waals surface area contributed by atoms with Gasteiger partial charge >= 0.3 is 59.9 Å². The molecule has 0 aromatic heterocycles. The highest BCUT2D eigenvalue weighted by molar-refractivity contribution is 6.92. The van der Waals surface area contributed by atoms with Gasteiger partial charge in [0, 0.05) is 14.2 Å². The van der Waals surface area contributed by atoms with Gasteiger partial charge in [-0.3, -0.25) is 0 Å². The summed E-state index contributed by atoms with van der Waals surface area (Å²) < 4.78 is 61.2. The third kappa shape index (κ3) is 33.3. The summed E-state index contributed by atoms with van der Waals surface area (Å²) in [6.07, 6.45) is 7.10. The average Bonchev–Trinajstić information content (AvgIpc) is 3.44. The first-order valence-electron chi connectivity index (χ1n) is 33.2. The van der Waals surface area contributed by atoms with Crippen molar-refractivity contribution in [3.05, 3.63) is 0 Å². The number of hydrogen-bond acceptors (Lipinski definition) is 15. The highest BCUT2D eigenvalue weighted by Gasteiger charge is 2.55. The van der Waals surface area contributed by atoms with Gasteiger partial charge in [-0.05, 0) is 271 Å². The molecule has 0 saturated carbocycles. The first kappa shape index (κ1) is 80.9. The number of rotatable bonds is 56. The molecule has 0 amide bonds. The zero-order valence-electron chi connectivity index (χ0n) is 57.6. The first-order chi connectivity index (χ1) is 37.8. The lowest BCUT2D eigenvalue weighted by molar-refractivity contribution is 0.220. The normalized spacial score (nSPS) is 18.1. The Bertz CT molecular complexity index is 1410. The molecule has 0 spiro atoms. The predicted molar refractivity (Wildman–Crippen MR) is 362 cm³/mol. The summed E-state index contributed by atoms with van der Waals surface area (Å²) in [4.78, 5) is 17.8. The van der Waals surface area contributed by atoms with Crippen molar-refractivity contribution < 1.29 is 33.5 Å². The van der Waals surface area contributed by atoms with Gasteiger partial charge in [-0.2, -0.15) is 0 Å². The topological polar surface area (TPSA) is 96.5 Å². The van der Waals surface area contributed by atoms with E-state index in [2.05, 4.69) is 177 Å². The van der Waals surface area contributed by atoms with Crippen molar-refractivity contribution >= 4 is 59.9 Å². The molecule has 0 aliphatic carbocycles. The quantitative estimate of drug-likeness (QED) is 0.0540. The van der Waals surface area contributed by atoms with Crippen molar-refractivity contribution in [1.29, 1.82) is 0 Å². The first-order valence-corrected chi connectivity index (χ1v) is 50.9. The van der Waals surface area contributed by atoms with Gasteiger partial charge in [0.15, 0.2) is 0 Å². The molecule has 0 aromatic carbocycles. The van der Waals surface area contributed by atoms with Crippen LogP contribution in [0.4, 0.5) is 0 Å². The molecule has 0 aliphatic heterocycles. The molecule has 0 N–H and O–H groups in total. The Balaban J connectivity index is 8.30. The zero-order chi connectivity index (χ0) is 60.9. The third-order valence-corrected chi connectivity index (χ3v) is 48.7. The SMILES string of the molecule is CCN(CC)CCC[Si](C)(OC)O[Si](C)(CCCN(CC)CC)O[Si](C)(CCCN(CC)CC)O[Si](C)(CCCN(CC)CC)O[Si](C)(CCCN(CC)CC)O[Si](C)(CCCN(CC)CC)O[Si](C)(CCCN(CC)CC)OC. The summed E-state index contributed by atoms with van der Waals surface area (Å²) >= 11 is 0. The third-order valence-electron chi connectivity index (χ3n) is 17.5. The molecule has 0 aliphatic rings. The second-order valence-electron chi connectivity index (χ2n) is 23.9. The fourth-order valence-electron chi connectivity index (χ4n) is 11.9. The minimum atomic E-state index is -3.15. The van der Waals surface area contributed by atoms with Crippen LogP contribution in [0, 0.1) is 0 Å². The van der Waals surface area contributed by atoms with Gasteiger partial charge in [-0.1, -0.05) is 96.9 Å². The van der Waals surface area contributed by atoms with E-state index in [1.165, 1.54) is 0 Å². The molecule has 0 fully saturated rings. The minimum Gasteiger partial charge on any atom is -0.416 e. The van der Waals surface area contributed by atoms with Gasteiger partial charge in [0.1, 0.15) is 0 Å². The van der Waals surface area contributed by atoms with Crippen LogP contribution in [-0.2, 0) is 33.5 Å². The molecule has 22 heteroatoms. The molecule has 15 nitrogen and oxygen atoms in total. The van der Waals surface area contributed by atoms with Gasteiger partial charge in [-0.15, -0.1) is 0 Å². The monoisotopic (exact) mass is 1260 g/mol. The number of nitrogens with zero attached hydrogens (tertiary/aromatic N) is 7. The molecule has 0 saturated heterocycles. The van der Waals surface area contributed by atoms with Crippen molar-refractivity contribution in [3.8, 4) is 0 Å². The van der Waals surface area contributed by atoms with Crippen LogP contribution in [-0.4, -0.2) is 246 Å². The smallest absolute Gasteiger partial charge is 0.325 e. The van der Waals surface area contributed by atoms with E-state index in [0.29, 0.717) is 0 Å². The van der Waals surface area contributed by atoms with E-state index in [4.69, 9.17) is 33.5 Å². The summed E-state index contributed by atoms with van der Waals surface area (Å²) in [5.74, 6) is 0. The second kappa shape index (κ2) is 43.5. The summed E-state index contributed by atoms with van der Waals surface area (Å²) in [5.41, 5.74) is 0. The maximum atomic E-state index is 8.22. The fraction of sp³-hybridized carbons (Fsp3) is 1.00. The standard InChI is InChI=1S/C58H139N7O8Si7/c1-24-59(25-2)45-38-52-74(17,66-15)68-76(19,54-40-47-61(28-5)29-6)70-78(21,56-42-49-63(32-9)33-10)72-80(23,58-44-51-65(36-13)37-14)73-79(22,57-43-50-64(34-11)35-12)71-77(20,55-41-48-62(30-7)31-8)69-75(18,67-16)53-39-46-60(26-3)27-4/h24-58H2,1-23H3. The lowest BCUT2D eigenvalue weighted by Gasteiger charge is -2.48. The van der Waals surface area contributed by atoms with E-state index in [-0.39, 0.29) is 0 Å². The van der Waals surface area contributed by atoms with Crippen LogP contribution in [0.15, 0.2) is 0 Å². The van der Waals surface area contributed by atoms with Crippen molar-refractivity contribution in [3.63, 3.8) is 0 Å². The Morgan fingerprint density at radius 3 is 0.425 bits per heavy atom. The molecule has 0 rings (SSSR count). The Morgan fingerprint density at radius 2 is 0.312 bits per heavy atom. The molecule has 0 radical (unpaired) electrons. The highest BCUT2D eigenvalue weighted by atomic mass is 28.5. The molecule has 80 heavy (non-hydrogen) atoms. The summed E-state index contributed by atoms with van der Waals surface area (Å²) in [6.45, 7) is 70.0. The van der Waals surface area contributed by atoms with Crippen LogP contribution in [0.1, 0.15) is 142 Å². The Labute approximate surface area is 506 Å². The van der Waals surface area contributed by atoms with Crippen LogP contribution in [0.25, 0.3) is 0 Å². The van der Waals surface area contributed by atoms with Gasteiger partial charge in [0.25, 0.3) is 0 Å². The summed E-state index contributed by atoms with van der Waals surface area (Å²) in [5, 5.41) is 0. The maximum Gasteiger partial charge on any atom is 0.325 e. The van der Waals surface area contributed by atoms with Gasteiger partial charge in [-0.25, -0.2) is 0 Å². The minimum absolute atomic E-state index is 0.863. The van der Waals surface area contributed by atoms with E-state index >= 15 is 0 Å². The lowest BCUT2D eigenvalue weighted by atomic mass is 10.4. The lowest BCUT2D eigenvalue weighted by Crippen LogP contribution is -2.64. The Morgan fingerprint density at radius 1 is 0.200 bits per heavy atom. The molecule has 0 bridgehead atoms. The molecular formula is C58H139N7O8Si7. The van der Waals surface area contributed by atoms with Crippen LogP contribution in [0.3, 0.4) is 0 Å². The average molecular weight is 1260 g/mol. The summed E-state index contributed by atoms with van der Waals surface area (Å²) in [7, 11) is -16.9. The Hall–Kier alpha value is 0.918. The van der Waals surface area contributed by atoms with Crippen molar-refractivity contribution in [2.24, 2.45) is 0 Å². The maximum absolute atomic E-state index is 8.22. The molecular weight excluding hydrogens is 1120 g/mol. The second-order valence-corrected chi connectivity index (χ2v) is 49.0. The fourth-order valence-corrected chi connectivity index (χ4v) is 48.1. The van der Waals surface area contributed by atoms with Crippen molar-refractivity contribution in [1.82, 2.24) is 34.3 Å². The molecule has 482 valence electrons. The number of hydrogen-bond donors (Lipinski definition) is 0. The molecule has 0 heterocycles. The van der Waals surface area contributed by atoms with Gasteiger partial charge in [0.2, 0.25) is 0 Å². The van der Waals surface area contributed by atoms with Gasteiger partial charge < -0.3 is 67.8 Å². The van der Waals surface area contributed by atoms with Crippen LogP contribution >= 0.6 is 0 Å². The highest BCUT2D eigenvalue weighted by Crippen LogP contribution is 2.38. The van der Waals surface area contributed by atoms with E-state index < -0.39 is 59.9 Å². The Kier molecular flexibility index (Phi) is 44.0. The van der Waals surface area contributed by atoms with Crippen molar-refractivity contribution in [2.45, 2.75) is 230 Å². The largest absolute Gasteiger partial charge is 0.416 e. The van der Waals surface area contributed by atoms with Crippen LogP contribution in [0.5, 0.6) is 0 Å².